The van der Waals surface area contributed by atoms with Gasteiger partial charge in [-0.3, -0.25) is 9.59 Å². The van der Waals surface area contributed by atoms with E-state index in [2.05, 4.69) is 18.3 Å². The number of hydrogen-bond acceptors (Lipinski definition) is 2. The second-order valence-electron chi connectivity index (χ2n) is 7.61. The normalized spacial score (nSPS) is 15.1. The van der Waals surface area contributed by atoms with E-state index in [0.717, 1.165) is 28.8 Å². The molecule has 0 spiro atoms. The average Bonchev–Trinajstić information content (AvgIpc) is 3.07. The van der Waals surface area contributed by atoms with Crippen LogP contribution < -0.4 is 10.2 Å². The van der Waals surface area contributed by atoms with Crippen molar-refractivity contribution in [2.75, 3.05) is 4.90 Å². The van der Waals surface area contributed by atoms with Gasteiger partial charge in [0.2, 0.25) is 0 Å². The summed E-state index contributed by atoms with van der Waals surface area (Å²) in [6.45, 7) is 4.48. The van der Waals surface area contributed by atoms with Crippen LogP contribution in [0.1, 0.15) is 44.3 Å². The summed E-state index contributed by atoms with van der Waals surface area (Å²) in [7, 11) is 0. The molecule has 29 heavy (non-hydrogen) atoms. The van der Waals surface area contributed by atoms with Crippen LogP contribution in [0, 0.1) is 6.92 Å². The minimum absolute atomic E-state index is 0.0118. The number of anilines is 1. The molecule has 3 aromatic rings. The van der Waals surface area contributed by atoms with Crippen molar-refractivity contribution < 1.29 is 9.59 Å². The third-order valence-corrected chi connectivity index (χ3v) is 5.37. The molecule has 0 aliphatic carbocycles. The topological polar surface area (TPSA) is 49.4 Å². The molecular weight excluding hydrogens is 360 g/mol. The molecule has 0 fully saturated rings. The Bertz CT molecular complexity index is 1040. The zero-order valence-corrected chi connectivity index (χ0v) is 16.7. The molecule has 0 saturated carbocycles. The molecule has 146 valence electrons. The van der Waals surface area contributed by atoms with Gasteiger partial charge in [0.15, 0.2) is 0 Å². The summed E-state index contributed by atoms with van der Waals surface area (Å²) in [5, 5.41) is 2.97. The molecule has 1 atom stereocenters. The number of hydrogen-bond donors (Lipinski definition) is 1. The quantitative estimate of drug-likeness (QED) is 0.719. The van der Waals surface area contributed by atoms with Crippen LogP contribution in [0.2, 0.25) is 0 Å². The van der Waals surface area contributed by atoms with E-state index in [1.165, 1.54) is 0 Å². The first-order valence-electron chi connectivity index (χ1n) is 9.88. The highest BCUT2D eigenvalue weighted by Gasteiger charge is 2.31. The summed E-state index contributed by atoms with van der Waals surface area (Å²) in [6, 6.07) is 23.1. The summed E-state index contributed by atoms with van der Waals surface area (Å²) in [6.07, 6.45) is 0.837. The molecule has 1 heterocycles. The van der Waals surface area contributed by atoms with Crippen molar-refractivity contribution in [3.8, 4) is 0 Å². The Morgan fingerprint density at radius 3 is 2.41 bits per heavy atom. The second kappa shape index (κ2) is 7.92. The van der Waals surface area contributed by atoms with Crippen molar-refractivity contribution in [3.63, 3.8) is 0 Å². The third-order valence-electron chi connectivity index (χ3n) is 5.37. The molecule has 1 N–H and O–H groups in total. The molecule has 4 heteroatoms. The first-order chi connectivity index (χ1) is 14.0. The largest absolute Gasteiger partial charge is 0.348 e. The Kier molecular flexibility index (Phi) is 5.17. The Labute approximate surface area is 171 Å². The van der Waals surface area contributed by atoms with E-state index in [9.17, 15) is 9.59 Å². The van der Waals surface area contributed by atoms with Gasteiger partial charge in [0.05, 0.1) is 0 Å². The Balaban J connectivity index is 1.52. The molecule has 0 radical (unpaired) electrons. The van der Waals surface area contributed by atoms with Gasteiger partial charge in [-0.1, -0.05) is 48.0 Å². The predicted octanol–water partition coefficient (Wildman–Crippen LogP) is 4.52. The summed E-state index contributed by atoms with van der Waals surface area (Å²) in [4.78, 5) is 27.3. The minimum atomic E-state index is -0.101. The average molecular weight is 384 g/mol. The van der Waals surface area contributed by atoms with Crippen LogP contribution in [0.25, 0.3) is 0 Å². The third kappa shape index (κ3) is 3.92. The molecule has 2 amide bonds. The molecule has 1 unspecified atom stereocenters. The predicted molar refractivity (Wildman–Crippen MR) is 115 cm³/mol. The van der Waals surface area contributed by atoms with E-state index in [0.29, 0.717) is 17.7 Å². The monoisotopic (exact) mass is 384 g/mol. The minimum Gasteiger partial charge on any atom is -0.348 e. The summed E-state index contributed by atoms with van der Waals surface area (Å²) >= 11 is 0. The smallest absolute Gasteiger partial charge is 0.258 e. The van der Waals surface area contributed by atoms with E-state index < -0.39 is 0 Å². The highest BCUT2D eigenvalue weighted by molar-refractivity contribution is 6.07. The van der Waals surface area contributed by atoms with E-state index in [1.54, 1.807) is 0 Å². The van der Waals surface area contributed by atoms with Crippen LogP contribution in [0.5, 0.6) is 0 Å². The standard InChI is InChI=1S/C25H24N2O2/c1-17-8-11-20(12-9-17)24(28)26-16-19-10-13-22-14-18(2)27(23(22)15-19)25(29)21-6-4-3-5-7-21/h3-13,15,18H,14,16H2,1-2H3,(H,26,28). The van der Waals surface area contributed by atoms with Crippen molar-refractivity contribution >= 4 is 17.5 Å². The van der Waals surface area contributed by atoms with Gasteiger partial charge in [0.25, 0.3) is 11.8 Å². The number of benzene rings is 3. The molecule has 1 aliphatic rings. The van der Waals surface area contributed by atoms with E-state index in [4.69, 9.17) is 0 Å². The van der Waals surface area contributed by atoms with Crippen molar-refractivity contribution in [2.24, 2.45) is 0 Å². The van der Waals surface area contributed by atoms with Gasteiger partial charge in [0, 0.05) is 29.4 Å². The number of nitrogens with zero attached hydrogens (tertiary/aromatic N) is 1. The maximum absolute atomic E-state index is 13.1. The van der Waals surface area contributed by atoms with Crippen LogP contribution in [-0.4, -0.2) is 17.9 Å². The lowest BCUT2D eigenvalue weighted by atomic mass is 10.1. The molecule has 4 nitrogen and oxygen atoms in total. The lowest BCUT2D eigenvalue weighted by Gasteiger charge is -2.23. The SMILES string of the molecule is Cc1ccc(C(=O)NCc2ccc3c(c2)N(C(=O)c2ccccc2)C(C)C3)cc1. The maximum Gasteiger partial charge on any atom is 0.258 e. The summed E-state index contributed by atoms with van der Waals surface area (Å²) in [5.74, 6) is -0.0891. The van der Waals surface area contributed by atoms with Crippen LogP contribution in [0.3, 0.4) is 0 Å². The zero-order valence-electron chi connectivity index (χ0n) is 16.7. The number of amides is 2. The zero-order chi connectivity index (χ0) is 20.4. The van der Waals surface area contributed by atoms with Gasteiger partial charge < -0.3 is 10.2 Å². The van der Waals surface area contributed by atoms with Crippen LogP contribution in [0.4, 0.5) is 5.69 Å². The van der Waals surface area contributed by atoms with E-state index in [1.807, 2.05) is 78.6 Å². The van der Waals surface area contributed by atoms with Crippen LogP contribution >= 0.6 is 0 Å². The number of nitrogens with one attached hydrogen (secondary N) is 1. The van der Waals surface area contributed by atoms with Gasteiger partial charge in [-0.15, -0.1) is 0 Å². The molecule has 4 rings (SSSR count). The first-order valence-corrected chi connectivity index (χ1v) is 9.88. The fourth-order valence-electron chi connectivity index (χ4n) is 3.78. The molecule has 3 aromatic carbocycles. The van der Waals surface area contributed by atoms with Gasteiger partial charge in [-0.2, -0.15) is 0 Å². The highest BCUT2D eigenvalue weighted by atomic mass is 16.2. The van der Waals surface area contributed by atoms with Crippen molar-refractivity contribution in [3.05, 3.63) is 101 Å². The highest BCUT2D eigenvalue weighted by Crippen LogP contribution is 2.34. The fourth-order valence-corrected chi connectivity index (χ4v) is 3.78. The Hall–Kier alpha value is -3.40. The van der Waals surface area contributed by atoms with Gasteiger partial charge in [-0.05, 0) is 61.7 Å². The molecule has 0 aromatic heterocycles. The van der Waals surface area contributed by atoms with Crippen LogP contribution in [-0.2, 0) is 13.0 Å². The van der Waals surface area contributed by atoms with E-state index >= 15 is 0 Å². The van der Waals surface area contributed by atoms with Crippen molar-refractivity contribution in [1.29, 1.82) is 0 Å². The molecule has 0 bridgehead atoms. The lowest BCUT2D eigenvalue weighted by molar-refractivity contribution is 0.0948. The van der Waals surface area contributed by atoms with Crippen molar-refractivity contribution in [2.45, 2.75) is 32.9 Å². The van der Waals surface area contributed by atoms with E-state index in [-0.39, 0.29) is 17.9 Å². The Morgan fingerprint density at radius 2 is 1.69 bits per heavy atom. The number of aryl methyl sites for hydroxylation is 1. The lowest BCUT2D eigenvalue weighted by Crippen LogP contribution is -2.35. The van der Waals surface area contributed by atoms with Crippen LogP contribution in [0.15, 0.2) is 72.8 Å². The second-order valence-corrected chi connectivity index (χ2v) is 7.61. The summed E-state index contributed by atoms with van der Waals surface area (Å²) < 4.78 is 0. The number of carbonyl (C=O) groups excluding carboxylic acids is 2. The number of fused-ring (bicyclic) bond motifs is 1. The molecule has 1 aliphatic heterocycles. The first kappa shape index (κ1) is 18.9. The number of carbonyl (C=O) groups is 2. The Morgan fingerprint density at radius 1 is 0.966 bits per heavy atom. The number of rotatable bonds is 4. The van der Waals surface area contributed by atoms with Gasteiger partial charge in [-0.25, -0.2) is 0 Å². The van der Waals surface area contributed by atoms with Gasteiger partial charge >= 0.3 is 0 Å². The maximum atomic E-state index is 13.1. The molecule has 0 saturated heterocycles. The summed E-state index contributed by atoms with van der Waals surface area (Å²) in [5.41, 5.74) is 5.53. The fraction of sp³-hybridized carbons (Fsp3) is 0.200. The van der Waals surface area contributed by atoms with Gasteiger partial charge in [0.1, 0.15) is 0 Å². The molecular formula is C25H24N2O2. The van der Waals surface area contributed by atoms with Crippen molar-refractivity contribution in [1.82, 2.24) is 5.32 Å².